The quantitative estimate of drug-likeness (QED) is 0.859. The van der Waals surface area contributed by atoms with Gasteiger partial charge in [-0.2, -0.15) is 5.26 Å². The van der Waals surface area contributed by atoms with Crippen LogP contribution in [0.4, 0.5) is 0 Å². The van der Waals surface area contributed by atoms with Crippen LogP contribution in [0.3, 0.4) is 0 Å². The molecule has 2 heterocycles. The van der Waals surface area contributed by atoms with Crippen molar-refractivity contribution in [2.45, 2.75) is 19.9 Å². The first-order valence-electron chi connectivity index (χ1n) is 7.39. The van der Waals surface area contributed by atoms with Crippen molar-refractivity contribution in [3.05, 3.63) is 54.2 Å². The number of hydrogen-bond donors (Lipinski definition) is 0. The highest BCUT2D eigenvalue weighted by Gasteiger charge is 2.41. The summed E-state index contributed by atoms with van der Waals surface area (Å²) in [5.74, 6) is 0. The van der Waals surface area contributed by atoms with Gasteiger partial charge in [-0.1, -0.05) is 37.3 Å². The molecular formula is C18H19N3. The van der Waals surface area contributed by atoms with E-state index >= 15 is 0 Å². The van der Waals surface area contributed by atoms with E-state index in [0.717, 1.165) is 37.3 Å². The topological polar surface area (TPSA) is 39.9 Å². The van der Waals surface area contributed by atoms with Crippen molar-refractivity contribution in [1.29, 1.82) is 5.26 Å². The standard InChI is InChI=1S/C18H19N3/c1-2-18(12-19)13-21(14-18)11-15-6-8-16(9-7-15)17-5-3-4-10-20-17/h3-10H,2,11,13-14H2,1H3. The zero-order valence-electron chi connectivity index (χ0n) is 12.3. The molecule has 3 rings (SSSR count). The Bertz CT molecular complexity index is 634. The van der Waals surface area contributed by atoms with Gasteiger partial charge >= 0.3 is 0 Å². The average Bonchev–Trinajstić information content (AvgIpc) is 2.52. The van der Waals surface area contributed by atoms with Gasteiger partial charge in [0.15, 0.2) is 0 Å². The van der Waals surface area contributed by atoms with Crippen LogP contribution < -0.4 is 0 Å². The maximum Gasteiger partial charge on any atom is 0.0824 e. The molecule has 0 amide bonds. The summed E-state index contributed by atoms with van der Waals surface area (Å²) in [4.78, 5) is 6.70. The van der Waals surface area contributed by atoms with Crippen molar-refractivity contribution < 1.29 is 0 Å². The molecule has 0 spiro atoms. The Morgan fingerprint density at radius 2 is 1.95 bits per heavy atom. The Labute approximate surface area is 125 Å². The SMILES string of the molecule is CCC1(C#N)CN(Cc2ccc(-c3ccccn3)cc2)C1. The number of likely N-dealkylation sites (tertiary alicyclic amines) is 1. The van der Waals surface area contributed by atoms with E-state index in [2.05, 4.69) is 47.1 Å². The summed E-state index contributed by atoms with van der Waals surface area (Å²) in [7, 11) is 0. The number of hydrogen-bond acceptors (Lipinski definition) is 3. The molecule has 2 aromatic rings. The molecule has 1 aliphatic heterocycles. The van der Waals surface area contributed by atoms with Crippen molar-refractivity contribution >= 4 is 0 Å². The molecular weight excluding hydrogens is 258 g/mol. The van der Waals surface area contributed by atoms with E-state index in [4.69, 9.17) is 0 Å². The number of nitrogens with zero attached hydrogens (tertiary/aromatic N) is 3. The van der Waals surface area contributed by atoms with Crippen LogP contribution in [0.15, 0.2) is 48.7 Å². The van der Waals surface area contributed by atoms with Crippen molar-refractivity contribution in [2.75, 3.05) is 13.1 Å². The molecule has 3 nitrogen and oxygen atoms in total. The summed E-state index contributed by atoms with van der Waals surface area (Å²) < 4.78 is 0. The van der Waals surface area contributed by atoms with Crippen LogP contribution in [-0.4, -0.2) is 23.0 Å². The molecule has 0 radical (unpaired) electrons. The van der Waals surface area contributed by atoms with Gasteiger partial charge in [-0.15, -0.1) is 0 Å². The van der Waals surface area contributed by atoms with Crippen LogP contribution in [-0.2, 0) is 6.54 Å². The molecule has 0 bridgehead atoms. The first kappa shape index (κ1) is 13.8. The molecule has 0 atom stereocenters. The predicted molar refractivity (Wildman–Crippen MR) is 83.3 cm³/mol. The molecule has 0 saturated carbocycles. The van der Waals surface area contributed by atoms with Gasteiger partial charge in [0.2, 0.25) is 0 Å². The Morgan fingerprint density at radius 3 is 2.52 bits per heavy atom. The maximum atomic E-state index is 9.20. The van der Waals surface area contributed by atoms with Crippen LogP contribution in [0, 0.1) is 16.7 Å². The van der Waals surface area contributed by atoms with Crippen molar-refractivity contribution in [3.8, 4) is 17.3 Å². The van der Waals surface area contributed by atoms with Crippen LogP contribution in [0.5, 0.6) is 0 Å². The minimum Gasteiger partial charge on any atom is -0.296 e. The molecule has 0 N–H and O–H groups in total. The van der Waals surface area contributed by atoms with Crippen LogP contribution in [0.1, 0.15) is 18.9 Å². The van der Waals surface area contributed by atoms with Crippen molar-refractivity contribution in [3.63, 3.8) is 0 Å². The smallest absolute Gasteiger partial charge is 0.0824 e. The van der Waals surface area contributed by atoms with Gasteiger partial charge in [-0.3, -0.25) is 9.88 Å². The Balaban J connectivity index is 1.63. The van der Waals surface area contributed by atoms with E-state index in [1.54, 1.807) is 0 Å². The lowest BCUT2D eigenvalue weighted by molar-refractivity contribution is 0.0358. The fourth-order valence-corrected chi connectivity index (χ4v) is 2.87. The summed E-state index contributed by atoms with van der Waals surface area (Å²) in [5, 5.41) is 9.20. The lowest BCUT2D eigenvalue weighted by Gasteiger charge is -2.45. The largest absolute Gasteiger partial charge is 0.296 e. The van der Waals surface area contributed by atoms with Crippen molar-refractivity contribution in [2.24, 2.45) is 5.41 Å². The molecule has 1 saturated heterocycles. The molecule has 0 aliphatic carbocycles. The first-order valence-corrected chi connectivity index (χ1v) is 7.39. The van der Waals surface area contributed by atoms with E-state index in [0.29, 0.717) is 0 Å². The number of nitriles is 1. The van der Waals surface area contributed by atoms with Crippen molar-refractivity contribution in [1.82, 2.24) is 9.88 Å². The number of aromatic nitrogens is 1. The second kappa shape index (κ2) is 5.67. The van der Waals surface area contributed by atoms with Gasteiger partial charge in [0, 0.05) is 31.4 Å². The first-order chi connectivity index (χ1) is 10.2. The van der Waals surface area contributed by atoms with E-state index < -0.39 is 0 Å². The predicted octanol–water partition coefficient (Wildman–Crippen LogP) is 3.48. The Hall–Kier alpha value is -2.18. The highest BCUT2D eigenvalue weighted by Crippen LogP contribution is 2.34. The Kier molecular flexibility index (Phi) is 3.72. The van der Waals surface area contributed by atoms with Gasteiger partial charge in [0.05, 0.1) is 17.2 Å². The lowest BCUT2D eigenvalue weighted by Crippen LogP contribution is -2.54. The zero-order valence-corrected chi connectivity index (χ0v) is 12.3. The van der Waals surface area contributed by atoms with E-state index in [1.807, 2.05) is 24.4 Å². The average molecular weight is 277 g/mol. The summed E-state index contributed by atoms with van der Waals surface area (Å²) in [6, 6.07) is 17.0. The van der Waals surface area contributed by atoms with E-state index in [9.17, 15) is 5.26 Å². The minimum absolute atomic E-state index is 0.103. The van der Waals surface area contributed by atoms with Gasteiger partial charge in [0.25, 0.3) is 0 Å². The summed E-state index contributed by atoms with van der Waals surface area (Å²) in [5.41, 5.74) is 3.33. The zero-order chi connectivity index (χ0) is 14.7. The summed E-state index contributed by atoms with van der Waals surface area (Å²) in [6.07, 6.45) is 2.76. The molecule has 1 aliphatic rings. The lowest BCUT2D eigenvalue weighted by atomic mass is 9.79. The van der Waals surface area contributed by atoms with Crippen LogP contribution in [0.2, 0.25) is 0 Å². The minimum atomic E-state index is -0.103. The van der Waals surface area contributed by atoms with Gasteiger partial charge < -0.3 is 0 Å². The molecule has 3 heteroatoms. The molecule has 0 unspecified atom stereocenters. The monoisotopic (exact) mass is 277 g/mol. The fourth-order valence-electron chi connectivity index (χ4n) is 2.87. The van der Waals surface area contributed by atoms with Gasteiger partial charge in [-0.25, -0.2) is 0 Å². The molecule has 1 aromatic heterocycles. The number of rotatable bonds is 4. The highest BCUT2D eigenvalue weighted by atomic mass is 15.2. The molecule has 1 fully saturated rings. The van der Waals surface area contributed by atoms with Gasteiger partial charge in [-0.05, 0) is 24.1 Å². The highest BCUT2D eigenvalue weighted by molar-refractivity contribution is 5.58. The van der Waals surface area contributed by atoms with Crippen LogP contribution in [0.25, 0.3) is 11.3 Å². The fraction of sp³-hybridized carbons (Fsp3) is 0.333. The maximum absolute atomic E-state index is 9.20. The third-order valence-corrected chi connectivity index (χ3v) is 4.29. The second-order valence-corrected chi connectivity index (χ2v) is 5.80. The summed E-state index contributed by atoms with van der Waals surface area (Å²) >= 11 is 0. The molecule has 21 heavy (non-hydrogen) atoms. The van der Waals surface area contributed by atoms with E-state index in [-0.39, 0.29) is 5.41 Å². The Morgan fingerprint density at radius 1 is 1.19 bits per heavy atom. The second-order valence-electron chi connectivity index (χ2n) is 5.80. The number of pyridine rings is 1. The van der Waals surface area contributed by atoms with Gasteiger partial charge in [0.1, 0.15) is 0 Å². The normalized spacial score (nSPS) is 17.0. The van der Waals surface area contributed by atoms with Crippen LogP contribution >= 0.6 is 0 Å². The van der Waals surface area contributed by atoms with E-state index in [1.165, 1.54) is 5.56 Å². The molecule has 106 valence electrons. The third kappa shape index (κ3) is 2.81. The number of benzene rings is 1. The summed E-state index contributed by atoms with van der Waals surface area (Å²) in [6.45, 7) is 4.80. The third-order valence-electron chi connectivity index (χ3n) is 4.29. The molecule has 1 aromatic carbocycles.